The summed E-state index contributed by atoms with van der Waals surface area (Å²) in [4.78, 5) is 40.7. The number of hydrogen-bond acceptors (Lipinski definition) is 5. The van der Waals surface area contributed by atoms with E-state index in [-0.39, 0.29) is 5.78 Å². The Labute approximate surface area is 149 Å². The van der Waals surface area contributed by atoms with Crippen LogP contribution in [0.4, 0.5) is 11.4 Å². The van der Waals surface area contributed by atoms with E-state index in [1.165, 1.54) is 18.5 Å². The van der Waals surface area contributed by atoms with E-state index >= 15 is 0 Å². The number of rotatable bonds is 4. The molecule has 0 radical (unpaired) electrons. The van der Waals surface area contributed by atoms with Gasteiger partial charge in [0.15, 0.2) is 11.4 Å². The van der Waals surface area contributed by atoms with Crippen LogP contribution in [0.2, 0.25) is 0 Å². The van der Waals surface area contributed by atoms with Gasteiger partial charge in [0, 0.05) is 31.5 Å². The molecule has 2 heterocycles. The number of aryl methyl sites for hydroxylation is 2. The predicted molar refractivity (Wildman–Crippen MR) is 101 cm³/mol. The van der Waals surface area contributed by atoms with Crippen molar-refractivity contribution in [3.63, 3.8) is 0 Å². The van der Waals surface area contributed by atoms with Gasteiger partial charge in [-0.3, -0.25) is 18.7 Å². The number of carbonyl (C=O) groups excluding carboxylic acids is 1. The zero-order valence-electron chi connectivity index (χ0n) is 15.2. The third-order valence-electron chi connectivity index (χ3n) is 4.49. The van der Waals surface area contributed by atoms with Crippen molar-refractivity contribution < 1.29 is 4.79 Å². The number of ketones is 1. The van der Waals surface area contributed by atoms with Gasteiger partial charge in [0.1, 0.15) is 5.39 Å². The van der Waals surface area contributed by atoms with Crippen LogP contribution in [-0.4, -0.2) is 19.9 Å². The van der Waals surface area contributed by atoms with E-state index in [1.54, 1.807) is 37.5 Å². The number of Topliss-reactive ketones (excluding diaryl/α,β-unsaturated/α-hetero) is 1. The highest BCUT2D eigenvalue weighted by Crippen LogP contribution is 2.27. The monoisotopic (exact) mass is 352 g/mol. The summed E-state index contributed by atoms with van der Waals surface area (Å²) in [6, 6.07) is 7.03. The average molecular weight is 352 g/mol. The third kappa shape index (κ3) is 2.81. The lowest BCUT2D eigenvalue weighted by Crippen LogP contribution is -2.37. The lowest BCUT2D eigenvalue weighted by atomic mass is 10.1. The van der Waals surface area contributed by atoms with E-state index in [2.05, 4.69) is 10.3 Å². The van der Waals surface area contributed by atoms with Crippen molar-refractivity contribution in [3.8, 4) is 0 Å². The van der Waals surface area contributed by atoms with Crippen molar-refractivity contribution in [2.75, 3.05) is 5.32 Å². The second-order valence-corrected chi connectivity index (χ2v) is 6.17. The minimum absolute atomic E-state index is 0.0102. The van der Waals surface area contributed by atoms with E-state index in [0.29, 0.717) is 28.7 Å². The summed E-state index contributed by atoms with van der Waals surface area (Å²) in [7, 11) is 3.04. The molecule has 7 nitrogen and oxygen atoms in total. The molecular weight excluding hydrogens is 332 g/mol. The number of fused-ring (bicyclic) bond motifs is 1. The van der Waals surface area contributed by atoms with Crippen LogP contribution < -0.4 is 16.6 Å². The molecule has 0 aliphatic carbocycles. The standard InChI is InChI=1S/C19H20N4O3/c1-5-12-10-20-17-15(18(25)23(4)19(26)22(17)3)16(12)21-14-8-6-13(7-9-14)11(2)24/h6-10H,5H2,1-4H3,(H,20,21). The number of anilines is 2. The van der Waals surface area contributed by atoms with Crippen LogP contribution in [0.15, 0.2) is 40.1 Å². The van der Waals surface area contributed by atoms with Crippen molar-refractivity contribution in [2.24, 2.45) is 14.1 Å². The quantitative estimate of drug-likeness (QED) is 0.727. The SMILES string of the molecule is CCc1cnc2c(c1Nc1ccc(C(C)=O)cc1)c(=O)n(C)c(=O)n2C. The van der Waals surface area contributed by atoms with Gasteiger partial charge in [0.05, 0.1) is 5.69 Å². The van der Waals surface area contributed by atoms with Crippen LogP contribution in [0, 0.1) is 0 Å². The number of carbonyl (C=O) groups is 1. The predicted octanol–water partition coefficient (Wildman–Crippen LogP) is 2.14. The van der Waals surface area contributed by atoms with Crippen molar-refractivity contribution in [3.05, 3.63) is 62.4 Å². The normalized spacial score (nSPS) is 10.9. The number of aromatic nitrogens is 3. The van der Waals surface area contributed by atoms with Gasteiger partial charge < -0.3 is 5.32 Å². The van der Waals surface area contributed by atoms with Gasteiger partial charge in [-0.2, -0.15) is 0 Å². The van der Waals surface area contributed by atoms with Crippen LogP contribution in [0.25, 0.3) is 11.0 Å². The first kappa shape index (κ1) is 17.6. The highest BCUT2D eigenvalue weighted by molar-refractivity contribution is 5.95. The van der Waals surface area contributed by atoms with Crippen LogP contribution in [-0.2, 0) is 20.5 Å². The zero-order chi connectivity index (χ0) is 19.0. The molecule has 1 aromatic carbocycles. The van der Waals surface area contributed by atoms with Crippen molar-refractivity contribution in [1.82, 2.24) is 14.1 Å². The van der Waals surface area contributed by atoms with Gasteiger partial charge in [0.25, 0.3) is 5.56 Å². The van der Waals surface area contributed by atoms with Crippen LogP contribution >= 0.6 is 0 Å². The molecule has 1 N–H and O–H groups in total. The first-order chi connectivity index (χ1) is 12.3. The number of benzene rings is 1. The molecule has 7 heteroatoms. The number of nitrogens with zero attached hydrogens (tertiary/aromatic N) is 3. The average Bonchev–Trinajstić information content (AvgIpc) is 2.64. The number of hydrogen-bond donors (Lipinski definition) is 1. The van der Waals surface area contributed by atoms with Crippen LogP contribution in [0.5, 0.6) is 0 Å². The minimum Gasteiger partial charge on any atom is -0.354 e. The largest absolute Gasteiger partial charge is 0.354 e. The number of nitrogens with one attached hydrogen (secondary N) is 1. The van der Waals surface area contributed by atoms with E-state index in [4.69, 9.17) is 0 Å². The van der Waals surface area contributed by atoms with E-state index in [9.17, 15) is 14.4 Å². The molecular formula is C19H20N4O3. The van der Waals surface area contributed by atoms with Gasteiger partial charge >= 0.3 is 5.69 Å². The molecule has 0 spiro atoms. The maximum Gasteiger partial charge on any atom is 0.332 e. The molecule has 2 aromatic heterocycles. The Morgan fingerprint density at radius 3 is 2.35 bits per heavy atom. The Kier molecular flexibility index (Phi) is 4.46. The summed E-state index contributed by atoms with van der Waals surface area (Å²) < 4.78 is 2.44. The van der Waals surface area contributed by atoms with Gasteiger partial charge in [-0.25, -0.2) is 9.78 Å². The Morgan fingerprint density at radius 1 is 1.12 bits per heavy atom. The van der Waals surface area contributed by atoms with Gasteiger partial charge in [-0.15, -0.1) is 0 Å². The maximum atomic E-state index is 12.7. The van der Waals surface area contributed by atoms with E-state index < -0.39 is 11.2 Å². The molecule has 3 rings (SSSR count). The Bertz CT molecular complexity index is 1120. The molecule has 0 aliphatic rings. The van der Waals surface area contributed by atoms with Gasteiger partial charge in [0.2, 0.25) is 0 Å². The highest BCUT2D eigenvalue weighted by Gasteiger charge is 2.16. The van der Waals surface area contributed by atoms with Gasteiger partial charge in [-0.1, -0.05) is 6.92 Å². The molecule has 0 aliphatic heterocycles. The summed E-state index contributed by atoms with van der Waals surface area (Å²) in [6.45, 7) is 3.48. The molecule has 0 amide bonds. The Hall–Kier alpha value is -3.22. The van der Waals surface area contributed by atoms with Crippen molar-refractivity contribution in [2.45, 2.75) is 20.3 Å². The summed E-state index contributed by atoms with van der Waals surface area (Å²) in [5, 5.41) is 3.63. The molecule has 0 unspecified atom stereocenters. The molecule has 0 saturated carbocycles. The van der Waals surface area contributed by atoms with Crippen molar-refractivity contribution in [1.29, 1.82) is 0 Å². The van der Waals surface area contributed by atoms with Crippen LogP contribution in [0.1, 0.15) is 29.8 Å². The molecule has 0 bridgehead atoms. The zero-order valence-corrected chi connectivity index (χ0v) is 15.2. The Balaban J connectivity index is 2.25. The lowest BCUT2D eigenvalue weighted by molar-refractivity contribution is 0.101. The molecule has 26 heavy (non-hydrogen) atoms. The van der Waals surface area contributed by atoms with Gasteiger partial charge in [-0.05, 0) is 43.2 Å². The summed E-state index contributed by atoms with van der Waals surface area (Å²) in [5.41, 5.74) is 2.37. The fraction of sp³-hybridized carbons (Fsp3) is 0.263. The van der Waals surface area contributed by atoms with E-state index in [1.807, 2.05) is 6.92 Å². The molecule has 0 saturated heterocycles. The second kappa shape index (κ2) is 6.59. The molecule has 3 aromatic rings. The first-order valence-electron chi connectivity index (χ1n) is 8.30. The van der Waals surface area contributed by atoms with Crippen LogP contribution in [0.3, 0.4) is 0 Å². The fourth-order valence-corrected chi connectivity index (χ4v) is 2.91. The smallest absolute Gasteiger partial charge is 0.332 e. The number of pyridine rings is 1. The second-order valence-electron chi connectivity index (χ2n) is 6.17. The third-order valence-corrected chi connectivity index (χ3v) is 4.49. The maximum absolute atomic E-state index is 12.7. The fourth-order valence-electron chi connectivity index (χ4n) is 2.91. The Morgan fingerprint density at radius 2 is 1.77 bits per heavy atom. The molecule has 0 fully saturated rings. The highest BCUT2D eigenvalue weighted by atomic mass is 16.2. The summed E-state index contributed by atoms with van der Waals surface area (Å²) >= 11 is 0. The molecule has 134 valence electrons. The lowest BCUT2D eigenvalue weighted by Gasteiger charge is -2.15. The first-order valence-corrected chi connectivity index (χ1v) is 8.30. The minimum atomic E-state index is -0.420. The van der Waals surface area contributed by atoms with E-state index in [0.717, 1.165) is 15.8 Å². The summed E-state index contributed by atoms with van der Waals surface area (Å²) in [5.74, 6) is -0.0102. The summed E-state index contributed by atoms with van der Waals surface area (Å²) in [6.07, 6.45) is 2.34. The molecule has 0 atom stereocenters. The van der Waals surface area contributed by atoms with Crippen molar-refractivity contribution >= 4 is 28.2 Å². The topological polar surface area (TPSA) is 86.0 Å².